The second-order valence-electron chi connectivity index (χ2n) is 4.58. The molecule has 0 atom stereocenters. The van der Waals surface area contributed by atoms with Crippen LogP contribution in [0.5, 0.6) is 0 Å². The third-order valence-corrected chi connectivity index (χ3v) is 3.88. The lowest BCUT2D eigenvalue weighted by atomic mass is 10.1. The van der Waals surface area contributed by atoms with E-state index >= 15 is 0 Å². The van der Waals surface area contributed by atoms with E-state index < -0.39 is 0 Å². The van der Waals surface area contributed by atoms with E-state index in [1.54, 1.807) is 0 Å². The largest absolute Gasteiger partial charge is 0.302 e. The molecule has 0 radical (unpaired) electrons. The van der Waals surface area contributed by atoms with E-state index in [9.17, 15) is 9.59 Å². The average Bonchev–Trinajstić information content (AvgIpc) is 2.80. The van der Waals surface area contributed by atoms with Crippen LogP contribution in [-0.2, 0) is 9.59 Å². The lowest BCUT2D eigenvalue weighted by Crippen LogP contribution is -2.14. The molecule has 2 aromatic carbocycles. The van der Waals surface area contributed by atoms with E-state index in [-0.39, 0.29) is 18.1 Å². The highest BCUT2D eigenvalue weighted by Gasteiger charge is 2.11. The molecule has 1 heterocycles. The van der Waals surface area contributed by atoms with Crippen LogP contribution in [-0.4, -0.2) is 16.7 Å². The van der Waals surface area contributed by atoms with Gasteiger partial charge < -0.3 is 5.32 Å². The number of rotatable bonds is 3. The fourth-order valence-corrected chi connectivity index (χ4v) is 3.00. The van der Waals surface area contributed by atoms with Gasteiger partial charge in [-0.1, -0.05) is 41.7 Å². The van der Waals surface area contributed by atoms with Crippen molar-refractivity contribution in [2.45, 2.75) is 13.3 Å². The summed E-state index contributed by atoms with van der Waals surface area (Å²) in [5, 5.41) is 5.39. The molecule has 1 amide bonds. The van der Waals surface area contributed by atoms with Crippen molar-refractivity contribution in [1.82, 2.24) is 4.98 Å². The Labute approximate surface area is 119 Å². The van der Waals surface area contributed by atoms with Gasteiger partial charge in [0.25, 0.3) is 0 Å². The second kappa shape index (κ2) is 5.02. The highest BCUT2D eigenvalue weighted by Crippen LogP contribution is 2.31. The van der Waals surface area contributed by atoms with Crippen LogP contribution < -0.4 is 5.32 Å². The minimum Gasteiger partial charge on any atom is -0.302 e. The first kappa shape index (κ1) is 12.7. The number of carbonyl (C=O) groups is 2. The van der Waals surface area contributed by atoms with Gasteiger partial charge in [0.1, 0.15) is 5.78 Å². The van der Waals surface area contributed by atoms with Gasteiger partial charge in [0.05, 0.1) is 16.6 Å². The number of anilines is 1. The summed E-state index contributed by atoms with van der Waals surface area (Å²) in [7, 11) is 0. The molecular weight excluding hydrogens is 272 g/mol. The molecule has 0 fully saturated rings. The summed E-state index contributed by atoms with van der Waals surface area (Å²) in [5.41, 5.74) is 0.881. The number of nitrogens with one attached hydrogen (secondary N) is 1. The molecule has 0 spiro atoms. The van der Waals surface area contributed by atoms with Gasteiger partial charge in [0, 0.05) is 5.39 Å². The van der Waals surface area contributed by atoms with Crippen molar-refractivity contribution in [3.05, 3.63) is 36.4 Å². The van der Waals surface area contributed by atoms with Crippen LogP contribution in [0.2, 0.25) is 0 Å². The number of carbonyl (C=O) groups excluding carboxylic acids is 2. The van der Waals surface area contributed by atoms with E-state index in [0.717, 1.165) is 21.0 Å². The number of amides is 1. The van der Waals surface area contributed by atoms with Gasteiger partial charge in [0.15, 0.2) is 5.13 Å². The van der Waals surface area contributed by atoms with Crippen molar-refractivity contribution in [3.63, 3.8) is 0 Å². The lowest BCUT2D eigenvalue weighted by Gasteiger charge is -1.97. The fraction of sp³-hybridized carbons (Fsp3) is 0.133. The molecule has 0 saturated heterocycles. The van der Waals surface area contributed by atoms with Gasteiger partial charge in [-0.3, -0.25) is 9.59 Å². The van der Waals surface area contributed by atoms with E-state index in [4.69, 9.17) is 0 Å². The van der Waals surface area contributed by atoms with Crippen molar-refractivity contribution >= 4 is 49.1 Å². The predicted molar refractivity (Wildman–Crippen MR) is 81.1 cm³/mol. The monoisotopic (exact) mass is 284 g/mol. The number of fused-ring (bicyclic) bond motifs is 3. The Balaban J connectivity index is 2.00. The number of thiazole rings is 1. The van der Waals surface area contributed by atoms with Crippen molar-refractivity contribution in [3.8, 4) is 0 Å². The quantitative estimate of drug-likeness (QED) is 0.750. The maximum atomic E-state index is 11.6. The van der Waals surface area contributed by atoms with Gasteiger partial charge in [-0.15, -0.1) is 0 Å². The Bertz CT molecular complexity index is 823. The van der Waals surface area contributed by atoms with Crippen molar-refractivity contribution in [2.75, 3.05) is 5.32 Å². The number of benzene rings is 2. The third kappa shape index (κ3) is 2.40. The van der Waals surface area contributed by atoms with Crippen molar-refractivity contribution in [2.24, 2.45) is 0 Å². The normalized spacial score (nSPS) is 10.8. The maximum absolute atomic E-state index is 11.6. The zero-order valence-electron chi connectivity index (χ0n) is 10.8. The second-order valence-corrected chi connectivity index (χ2v) is 5.61. The first-order valence-corrected chi connectivity index (χ1v) is 7.03. The number of hydrogen-bond acceptors (Lipinski definition) is 4. The number of hydrogen-bond donors (Lipinski definition) is 1. The Morgan fingerprint density at radius 1 is 1.20 bits per heavy atom. The van der Waals surface area contributed by atoms with Gasteiger partial charge in [-0.2, -0.15) is 0 Å². The summed E-state index contributed by atoms with van der Waals surface area (Å²) < 4.78 is 1.02. The highest BCUT2D eigenvalue weighted by molar-refractivity contribution is 7.22. The molecule has 0 aliphatic heterocycles. The summed E-state index contributed by atoms with van der Waals surface area (Å²) in [6, 6.07) is 12.0. The molecule has 4 nitrogen and oxygen atoms in total. The van der Waals surface area contributed by atoms with Crippen molar-refractivity contribution < 1.29 is 9.59 Å². The number of nitrogens with zero attached hydrogens (tertiary/aromatic N) is 1. The van der Waals surface area contributed by atoms with E-state index in [0.29, 0.717) is 5.13 Å². The van der Waals surface area contributed by atoms with Gasteiger partial charge in [0.2, 0.25) is 5.91 Å². The molecule has 3 rings (SSSR count). The van der Waals surface area contributed by atoms with Gasteiger partial charge >= 0.3 is 0 Å². The van der Waals surface area contributed by atoms with Crippen LogP contribution in [0.25, 0.3) is 21.0 Å². The molecule has 20 heavy (non-hydrogen) atoms. The Morgan fingerprint density at radius 2 is 2.00 bits per heavy atom. The van der Waals surface area contributed by atoms with Gasteiger partial charge in [-0.25, -0.2) is 4.98 Å². The van der Waals surface area contributed by atoms with Crippen molar-refractivity contribution in [1.29, 1.82) is 0 Å². The zero-order chi connectivity index (χ0) is 14.1. The molecule has 0 saturated carbocycles. The summed E-state index contributed by atoms with van der Waals surface area (Å²) >= 11 is 1.41. The van der Waals surface area contributed by atoms with Crippen LogP contribution in [0.15, 0.2) is 36.4 Å². The Hall–Kier alpha value is -2.27. The first-order chi connectivity index (χ1) is 9.63. The molecule has 1 aromatic heterocycles. The molecule has 0 aliphatic rings. The van der Waals surface area contributed by atoms with Crippen LogP contribution in [0.1, 0.15) is 13.3 Å². The standard InChI is InChI=1S/C15H12N2O2S/c1-9(18)8-13(19)16-15-17-14-11-5-3-2-4-10(11)6-7-12(14)20-15/h2-7H,8H2,1H3,(H,16,17,19). The minimum absolute atomic E-state index is 0.114. The summed E-state index contributed by atoms with van der Waals surface area (Å²) in [6.07, 6.45) is -0.114. The summed E-state index contributed by atoms with van der Waals surface area (Å²) in [4.78, 5) is 27.0. The van der Waals surface area contributed by atoms with Crippen LogP contribution >= 0.6 is 11.3 Å². The summed E-state index contributed by atoms with van der Waals surface area (Å²) in [6.45, 7) is 1.39. The maximum Gasteiger partial charge on any atom is 0.233 e. The molecule has 5 heteroatoms. The van der Waals surface area contributed by atoms with E-state index in [1.807, 2.05) is 36.4 Å². The molecule has 0 bridgehead atoms. The van der Waals surface area contributed by atoms with E-state index in [2.05, 4.69) is 10.3 Å². The Morgan fingerprint density at radius 3 is 2.80 bits per heavy atom. The fourth-order valence-electron chi connectivity index (χ4n) is 2.10. The molecule has 0 aliphatic carbocycles. The number of aromatic nitrogens is 1. The van der Waals surface area contributed by atoms with Crippen LogP contribution in [0.4, 0.5) is 5.13 Å². The molecular formula is C15H12N2O2S. The highest BCUT2D eigenvalue weighted by atomic mass is 32.1. The molecule has 100 valence electrons. The topological polar surface area (TPSA) is 59.1 Å². The predicted octanol–water partition coefficient (Wildman–Crippen LogP) is 3.37. The smallest absolute Gasteiger partial charge is 0.233 e. The first-order valence-electron chi connectivity index (χ1n) is 6.21. The average molecular weight is 284 g/mol. The van der Waals surface area contributed by atoms with Crippen LogP contribution in [0, 0.1) is 0 Å². The number of ketones is 1. The molecule has 0 unspecified atom stereocenters. The van der Waals surface area contributed by atoms with Crippen LogP contribution in [0.3, 0.4) is 0 Å². The third-order valence-electron chi connectivity index (χ3n) is 2.94. The van der Waals surface area contributed by atoms with E-state index in [1.165, 1.54) is 18.3 Å². The Kier molecular flexibility index (Phi) is 3.20. The number of Topliss-reactive ketones (excluding diaryl/α,β-unsaturated/α-hetero) is 1. The SMILES string of the molecule is CC(=O)CC(=O)Nc1nc2c(ccc3ccccc32)s1. The minimum atomic E-state index is -0.319. The zero-order valence-corrected chi connectivity index (χ0v) is 11.7. The van der Waals surface area contributed by atoms with Gasteiger partial charge in [-0.05, 0) is 18.4 Å². The molecule has 3 aromatic rings. The summed E-state index contributed by atoms with van der Waals surface area (Å²) in [5.74, 6) is -0.477. The lowest BCUT2D eigenvalue weighted by molar-refractivity contribution is -0.124. The molecule has 1 N–H and O–H groups in total.